The van der Waals surface area contributed by atoms with Gasteiger partial charge < -0.3 is 4.74 Å². The average molecular weight is 275 g/mol. The van der Waals surface area contributed by atoms with Crippen LogP contribution < -0.4 is 5.56 Å². The highest BCUT2D eigenvalue weighted by Gasteiger charge is 2.04. The number of unbranched alkanes of at least 4 members (excludes halogenated alkanes) is 1. The highest BCUT2D eigenvalue weighted by molar-refractivity contribution is 9.10. The summed E-state index contributed by atoms with van der Waals surface area (Å²) in [5, 5.41) is 0. The third-order valence-corrected chi connectivity index (χ3v) is 3.07. The summed E-state index contributed by atoms with van der Waals surface area (Å²) in [6, 6.07) is 0. The van der Waals surface area contributed by atoms with E-state index in [-0.39, 0.29) is 5.56 Å². The van der Waals surface area contributed by atoms with Gasteiger partial charge in [-0.3, -0.25) is 9.36 Å². The number of methoxy groups -OCH3 is 1. The maximum absolute atomic E-state index is 11.7. The van der Waals surface area contributed by atoms with Crippen LogP contribution in [-0.2, 0) is 11.3 Å². The van der Waals surface area contributed by atoms with E-state index in [0.29, 0.717) is 11.0 Å². The molecular formula is C10H15BrN2O2. The van der Waals surface area contributed by atoms with Crippen LogP contribution in [0.15, 0.2) is 15.6 Å². The molecule has 0 aliphatic carbocycles. The van der Waals surface area contributed by atoms with Gasteiger partial charge in [0.25, 0.3) is 5.56 Å². The molecule has 5 heteroatoms. The van der Waals surface area contributed by atoms with Crippen LogP contribution in [0, 0.1) is 6.92 Å². The van der Waals surface area contributed by atoms with Crippen molar-refractivity contribution in [2.45, 2.75) is 26.3 Å². The maximum Gasteiger partial charge on any atom is 0.267 e. The van der Waals surface area contributed by atoms with Gasteiger partial charge in [-0.05, 0) is 35.7 Å². The Bertz CT molecular complexity index is 376. The molecule has 1 rings (SSSR count). The molecule has 0 aliphatic heterocycles. The first-order chi connectivity index (χ1) is 7.16. The van der Waals surface area contributed by atoms with Gasteiger partial charge in [0.15, 0.2) is 0 Å². The van der Waals surface area contributed by atoms with Gasteiger partial charge >= 0.3 is 0 Å². The minimum absolute atomic E-state index is 0.0140. The molecule has 0 N–H and O–H groups in total. The van der Waals surface area contributed by atoms with Gasteiger partial charge in [0.05, 0.1) is 12.0 Å². The number of aromatic nitrogens is 2. The van der Waals surface area contributed by atoms with E-state index in [1.54, 1.807) is 24.9 Å². The number of ether oxygens (including phenoxy) is 1. The molecule has 0 saturated carbocycles. The highest BCUT2D eigenvalue weighted by atomic mass is 79.9. The predicted octanol–water partition coefficient (Wildman–Crippen LogP) is 1.74. The molecule has 0 atom stereocenters. The molecule has 1 aromatic heterocycles. The third-order valence-electron chi connectivity index (χ3n) is 2.15. The summed E-state index contributed by atoms with van der Waals surface area (Å²) in [7, 11) is 1.68. The quantitative estimate of drug-likeness (QED) is 0.769. The standard InChI is InChI=1S/C10H15BrN2O2/c1-8-9(11)10(14)13(7-12-8)5-3-4-6-15-2/h7H,3-6H2,1-2H3. The van der Waals surface area contributed by atoms with Crippen LogP contribution in [0.1, 0.15) is 18.5 Å². The van der Waals surface area contributed by atoms with Crippen molar-refractivity contribution in [2.24, 2.45) is 0 Å². The van der Waals surface area contributed by atoms with Crippen LogP contribution in [0.2, 0.25) is 0 Å². The Labute approximate surface area is 97.4 Å². The molecule has 0 bridgehead atoms. The molecule has 0 aromatic carbocycles. The molecular weight excluding hydrogens is 260 g/mol. The molecule has 0 fully saturated rings. The lowest BCUT2D eigenvalue weighted by atomic mass is 10.3. The normalized spacial score (nSPS) is 10.6. The number of hydrogen-bond donors (Lipinski definition) is 0. The second kappa shape index (κ2) is 6.02. The van der Waals surface area contributed by atoms with Crippen LogP contribution in [0.25, 0.3) is 0 Å². The average Bonchev–Trinajstić information content (AvgIpc) is 2.24. The Morgan fingerprint density at radius 1 is 1.53 bits per heavy atom. The maximum atomic E-state index is 11.7. The zero-order chi connectivity index (χ0) is 11.3. The molecule has 0 aliphatic rings. The van der Waals surface area contributed by atoms with E-state index in [9.17, 15) is 4.79 Å². The van der Waals surface area contributed by atoms with Crippen molar-refractivity contribution >= 4 is 15.9 Å². The summed E-state index contributed by atoms with van der Waals surface area (Å²) >= 11 is 3.23. The van der Waals surface area contributed by atoms with Crippen molar-refractivity contribution in [3.05, 3.63) is 26.8 Å². The van der Waals surface area contributed by atoms with E-state index in [1.165, 1.54) is 0 Å². The molecule has 1 aromatic rings. The highest BCUT2D eigenvalue weighted by Crippen LogP contribution is 2.06. The lowest BCUT2D eigenvalue weighted by Gasteiger charge is -2.06. The molecule has 0 radical (unpaired) electrons. The summed E-state index contributed by atoms with van der Waals surface area (Å²) < 4.78 is 7.11. The third kappa shape index (κ3) is 3.43. The topological polar surface area (TPSA) is 44.1 Å². The second-order valence-electron chi connectivity index (χ2n) is 3.34. The van der Waals surface area contributed by atoms with Crippen LogP contribution in [-0.4, -0.2) is 23.3 Å². The number of rotatable bonds is 5. The van der Waals surface area contributed by atoms with Crippen LogP contribution in [0.3, 0.4) is 0 Å². The molecule has 0 saturated heterocycles. The van der Waals surface area contributed by atoms with Gasteiger partial charge in [-0.15, -0.1) is 0 Å². The lowest BCUT2D eigenvalue weighted by Crippen LogP contribution is -2.22. The fourth-order valence-corrected chi connectivity index (χ4v) is 1.56. The van der Waals surface area contributed by atoms with E-state index in [4.69, 9.17) is 4.74 Å². The van der Waals surface area contributed by atoms with Crippen molar-refractivity contribution in [3.63, 3.8) is 0 Å². The Morgan fingerprint density at radius 3 is 2.93 bits per heavy atom. The van der Waals surface area contributed by atoms with Crippen molar-refractivity contribution in [1.29, 1.82) is 0 Å². The summed E-state index contributed by atoms with van der Waals surface area (Å²) in [4.78, 5) is 15.8. The Kier molecular flexibility index (Phi) is 4.98. The summed E-state index contributed by atoms with van der Waals surface area (Å²) in [6.45, 7) is 3.23. The van der Waals surface area contributed by atoms with Crippen LogP contribution in [0.4, 0.5) is 0 Å². The fourth-order valence-electron chi connectivity index (χ4n) is 1.23. The smallest absolute Gasteiger partial charge is 0.267 e. The first kappa shape index (κ1) is 12.4. The predicted molar refractivity (Wildman–Crippen MR) is 62.0 cm³/mol. The number of halogens is 1. The number of nitrogens with zero attached hydrogens (tertiary/aromatic N) is 2. The SMILES string of the molecule is COCCCCn1cnc(C)c(Br)c1=O. The summed E-state index contributed by atoms with van der Waals surface area (Å²) in [5.41, 5.74) is 0.716. The number of aryl methyl sites for hydroxylation is 2. The van der Waals surface area contributed by atoms with Gasteiger partial charge in [0.1, 0.15) is 4.47 Å². The van der Waals surface area contributed by atoms with E-state index >= 15 is 0 Å². The molecule has 4 nitrogen and oxygen atoms in total. The van der Waals surface area contributed by atoms with Gasteiger partial charge in [-0.25, -0.2) is 4.98 Å². The van der Waals surface area contributed by atoms with E-state index < -0.39 is 0 Å². The zero-order valence-electron chi connectivity index (χ0n) is 8.99. The van der Waals surface area contributed by atoms with E-state index in [0.717, 1.165) is 25.1 Å². The van der Waals surface area contributed by atoms with Crippen LogP contribution in [0.5, 0.6) is 0 Å². The molecule has 0 unspecified atom stereocenters. The Balaban J connectivity index is 2.63. The summed E-state index contributed by atoms with van der Waals surface area (Å²) in [5.74, 6) is 0. The largest absolute Gasteiger partial charge is 0.385 e. The summed E-state index contributed by atoms with van der Waals surface area (Å²) in [6.07, 6.45) is 3.47. The first-order valence-corrected chi connectivity index (χ1v) is 5.66. The molecule has 15 heavy (non-hydrogen) atoms. The monoisotopic (exact) mass is 274 g/mol. The van der Waals surface area contributed by atoms with Crippen molar-refractivity contribution in [1.82, 2.24) is 9.55 Å². The molecule has 0 amide bonds. The lowest BCUT2D eigenvalue weighted by molar-refractivity contribution is 0.191. The van der Waals surface area contributed by atoms with E-state index in [2.05, 4.69) is 20.9 Å². The van der Waals surface area contributed by atoms with Crippen molar-refractivity contribution in [3.8, 4) is 0 Å². The van der Waals surface area contributed by atoms with Crippen molar-refractivity contribution in [2.75, 3.05) is 13.7 Å². The first-order valence-electron chi connectivity index (χ1n) is 4.87. The van der Waals surface area contributed by atoms with Gasteiger partial charge in [0.2, 0.25) is 0 Å². The Morgan fingerprint density at radius 2 is 2.27 bits per heavy atom. The zero-order valence-corrected chi connectivity index (χ0v) is 10.6. The molecule has 0 spiro atoms. The molecule has 84 valence electrons. The minimum atomic E-state index is -0.0140. The second-order valence-corrected chi connectivity index (χ2v) is 4.14. The van der Waals surface area contributed by atoms with Gasteiger partial charge in [-0.2, -0.15) is 0 Å². The fraction of sp³-hybridized carbons (Fsp3) is 0.600. The van der Waals surface area contributed by atoms with Crippen LogP contribution >= 0.6 is 15.9 Å². The van der Waals surface area contributed by atoms with E-state index in [1.807, 2.05) is 0 Å². The minimum Gasteiger partial charge on any atom is -0.385 e. The number of hydrogen-bond acceptors (Lipinski definition) is 3. The van der Waals surface area contributed by atoms with Gasteiger partial charge in [0, 0.05) is 20.3 Å². The molecule has 1 heterocycles. The Hall–Kier alpha value is -0.680. The van der Waals surface area contributed by atoms with Crippen molar-refractivity contribution < 1.29 is 4.74 Å². The van der Waals surface area contributed by atoms with Gasteiger partial charge in [-0.1, -0.05) is 0 Å².